The fraction of sp³-hybridized carbons (Fsp3) is 0.520. The van der Waals surface area contributed by atoms with Gasteiger partial charge in [-0.2, -0.15) is 0 Å². The third kappa shape index (κ3) is 7.82. The molecule has 7 nitrogen and oxygen atoms in total. The Balaban J connectivity index is 0.00000306. The van der Waals surface area contributed by atoms with E-state index in [4.69, 9.17) is 0 Å². The zero-order valence-corrected chi connectivity index (χ0v) is 22.2. The van der Waals surface area contributed by atoms with Gasteiger partial charge in [-0.05, 0) is 43.1 Å². The highest BCUT2D eigenvalue weighted by Crippen LogP contribution is 2.16. The van der Waals surface area contributed by atoms with Gasteiger partial charge < -0.3 is 20.4 Å². The van der Waals surface area contributed by atoms with Gasteiger partial charge in [-0.1, -0.05) is 30.3 Å². The first-order valence-electron chi connectivity index (χ1n) is 11.8. The Morgan fingerprint density at radius 3 is 2.42 bits per heavy atom. The SMILES string of the molecule is CN=C(NCc1ccnc(N2CCN(C)CC2)c1)NC1CCN(Cc2ccccc2)CC1.I. The number of anilines is 1. The van der Waals surface area contributed by atoms with Crippen molar-refractivity contribution in [1.29, 1.82) is 0 Å². The maximum atomic E-state index is 4.60. The van der Waals surface area contributed by atoms with E-state index in [9.17, 15) is 0 Å². The van der Waals surface area contributed by atoms with E-state index < -0.39 is 0 Å². The summed E-state index contributed by atoms with van der Waals surface area (Å²) in [6.07, 6.45) is 4.19. The van der Waals surface area contributed by atoms with E-state index in [2.05, 4.69) is 84.8 Å². The molecule has 0 radical (unpaired) electrons. The van der Waals surface area contributed by atoms with E-state index in [0.29, 0.717) is 6.04 Å². The predicted octanol–water partition coefficient (Wildman–Crippen LogP) is 2.78. The number of likely N-dealkylation sites (N-methyl/N-ethyl adjacent to an activating group) is 1. The second-order valence-electron chi connectivity index (χ2n) is 8.92. The number of piperidine rings is 1. The monoisotopic (exact) mass is 563 g/mol. The molecule has 0 amide bonds. The number of piperazine rings is 1. The summed E-state index contributed by atoms with van der Waals surface area (Å²) in [7, 11) is 4.03. The Kier molecular flexibility index (Phi) is 10.2. The van der Waals surface area contributed by atoms with Gasteiger partial charge in [0.1, 0.15) is 5.82 Å². The molecular formula is C25H38IN7. The van der Waals surface area contributed by atoms with Crippen LogP contribution in [0, 0.1) is 0 Å². The summed E-state index contributed by atoms with van der Waals surface area (Å²) in [6, 6.07) is 15.5. The summed E-state index contributed by atoms with van der Waals surface area (Å²) >= 11 is 0. The summed E-state index contributed by atoms with van der Waals surface area (Å²) in [5, 5.41) is 7.12. The number of aromatic nitrogens is 1. The van der Waals surface area contributed by atoms with Crippen LogP contribution >= 0.6 is 24.0 Å². The van der Waals surface area contributed by atoms with Crippen LogP contribution in [0.1, 0.15) is 24.0 Å². The highest BCUT2D eigenvalue weighted by molar-refractivity contribution is 14.0. The van der Waals surface area contributed by atoms with Crippen LogP contribution in [-0.4, -0.2) is 80.1 Å². The van der Waals surface area contributed by atoms with Crippen molar-refractivity contribution in [1.82, 2.24) is 25.4 Å². The second kappa shape index (κ2) is 13.1. The topological polar surface area (TPSA) is 59.0 Å². The number of hydrogen-bond acceptors (Lipinski definition) is 5. The number of hydrogen-bond donors (Lipinski definition) is 2. The van der Waals surface area contributed by atoms with Crippen LogP contribution in [0.3, 0.4) is 0 Å². The number of guanidine groups is 1. The van der Waals surface area contributed by atoms with Crippen molar-refractivity contribution < 1.29 is 0 Å². The van der Waals surface area contributed by atoms with Crippen molar-refractivity contribution in [3.05, 3.63) is 59.8 Å². The molecule has 2 saturated heterocycles. The first-order valence-corrected chi connectivity index (χ1v) is 11.8. The summed E-state index contributed by atoms with van der Waals surface area (Å²) in [5.41, 5.74) is 2.62. The Morgan fingerprint density at radius 2 is 1.73 bits per heavy atom. The van der Waals surface area contributed by atoms with Crippen LogP contribution in [-0.2, 0) is 13.1 Å². The standard InChI is InChI=1S/C25H37N7.HI/c1-26-25(29-23-9-12-31(13-10-23)20-21-6-4-3-5-7-21)28-19-22-8-11-27-24(18-22)32-16-14-30(2)15-17-32;/h3-8,11,18,23H,9-10,12-17,19-20H2,1-2H3,(H2,26,28,29);1H. The first-order chi connectivity index (χ1) is 15.7. The lowest BCUT2D eigenvalue weighted by Gasteiger charge is -2.33. The van der Waals surface area contributed by atoms with E-state index in [1.807, 2.05) is 13.2 Å². The third-order valence-corrected chi connectivity index (χ3v) is 6.50. The van der Waals surface area contributed by atoms with E-state index in [1.54, 1.807) is 0 Å². The van der Waals surface area contributed by atoms with Crippen LogP contribution in [0.4, 0.5) is 5.82 Å². The minimum Gasteiger partial charge on any atom is -0.354 e. The second-order valence-corrected chi connectivity index (χ2v) is 8.92. The van der Waals surface area contributed by atoms with Gasteiger partial charge in [0.2, 0.25) is 0 Å². The lowest BCUT2D eigenvalue weighted by molar-refractivity contribution is 0.198. The molecule has 0 saturated carbocycles. The Hall–Kier alpha value is -1.91. The molecule has 0 atom stereocenters. The van der Waals surface area contributed by atoms with Crippen molar-refractivity contribution in [2.45, 2.75) is 32.0 Å². The normalized spacial score (nSPS) is 18.6. The van der Waals surface area contributed by atoms with Crippen molar-refractivity contribution in [2.24, 2.45) is 4.99 Å². The van der Waals surface area contributed by atoms with Gasteiger partial charge in [-0.25, -0.2) is 4.98 Å². The minimum absolute atomic E-state index is 0. The van der Waals surface area contributed by atoms with Gasteiger partial charge in [0.15, 0.2) is 5.96 Å². The predicted molar refractivity (Wildman–Crippen MR) is 147 cm³/mol. The molecule has 0 unspecified atom stereocenters. The van der Waals surface area contributed by atoms with Crippen molar-refractivity contribution >= 4 is 35.8 Å². The molecule has 2 aliphatic rings. The molecule has 180 valence electrons. The minimum atomic E-state index is 0. The highest BCUT2D eigenvalue weighted by Gasteiger charge is 2.20. The van der Waals surface area contributed by atoms with Crippen LogP contribution in [0.25, 0.3) is 0 Å². The van der Waals surface area contributed by atoms with Crippen molar-refractivity contribution in [3.63, 3.8) is 0 Å². The zero-order chi connectivity index (χ0) is 22.2. The molecule has 3 heterocycles. The summed E-state index contributed by atoms with van der Waals surface area (Å²) in [4.78, 5) is 16.3. The lowest BCUT2D eigenvalue weighted by atomic mass is 10.0. The van der Waals surface area contributed by atoms with E-state index in [-0.39, 0.29) is 24.0 Å². The number of aliphatic imine (C=N–C) groups is 1. The van der Waals surface area contributed by atoms with E-state index >= 15 is 0 Å². The number of nitrogens with one attached hydrogen (secondary N) is 2. The average molecular weight is 564 g/mol. The van der Waals surface area contributed by atoms with Crippen LogP contribution < -0.4 is 15.5 Å². The number of pyridine rings is 1. The van der Waals surface area contributed by atoms with Gasteiger partial charge in [0.25, 0.3) is 0 Å². The number of likely N-dealkylation sites (tertiary alicyclic amines) is 1. The molecule has 4 rings (SSSR count). The molecule has 0 spiro atoms. The smallest absolute Gasteiger partial charge is 0.191 e. The Labute approximate surface area is 215 Å². The first kappa shape index (κ1) is 25.7. The number of nitrogens with zero attached hydrogens (tertiary/aromatic N) is 5. The molecule has 1 aromatic carbocycles. The van der Waals surface area contributed by atoms with E-state index in [1.165, 1.54) is 11.1 Å². The van der Waals surface area contributed by atoms with Crippen molar-refractivity contribution in [3.8, 4) is 0 Å². The summed E-state index contributed by atoms with van der Waals surface area (Å²) in [5.74, 6) is 1.95. The molecule has 2 aromatic rings. The van der Waals surface area contributed by atoms with Crippen LogP contribution in [0.2, 0.25) is 0 Å². The van der Waals surface area contributed by atoms with Gasteiger partial charge in [-0.15, -0.1) is 24.0 Å². The molecule has 1 aromatic heterocycles. The Morgan fingerprint density at radius 1 is 1.00 bits per heavy atom. The van der Waals surface area contributed by atoms with Gasteiger partial charge in [-0.3, -0.25) is 9.89 Å². The van der Waals surface area contributed by atoms with Gasteiger partial charge in [0.05, 0.1) is 0 Å². The molecule has 33 heavy (non-hydrogen) atoms. The maximum absolute atomic E-state index is 4.60. The van der Waals surface area contributed by atoms with Gasteiger partial charge in [0, 0.05) is 71.6 Å². The fourth-order valence-corrected chi connectivity index (χ4v) is 4.43. The molecule has 0 bridgehead atoms. The highest BCUT2D eigenvalue weighted by atomic mass is 127. The average Bonchev–Trinajstić information content (AvgIpc) is 2.84. The molecule has 8 heteroatoms. The number of rotatable bonds is 6. The van der Waals surface area contributed by atoms with Crippen LogP contribution in [0.15, 0.2) is 53.7 Å². The van der Waals surface area contributed by atoms with Gasteiger partial charge >= 0.3 is 0 Å². The lowest BCUT2D eigenvalue weighted by Crippen LogP contribution is -2.48. The maximum Gasteiger partial charge on any atom is 0.191 e. The van der Waals surface area contributed by atoms with Crippen LogP contribution in [0.5, 0.6) is 0 Å². The molecule has 0 aliphatic carbocycles. The molecule has 2 aliphatic heterocycles. The summed E-state index contributed by atoms with van der Waals surface area (Å²) in [6.45, 7) is 8.26. The summed E-state index contributed by atoms with van der Waals surface area (Å²) < 4.78 is 0. The zero-order valence-electron chi connectivity index (χ0n) is 19.9. The quantitative estimate of drug-likeness (QED) is 0.321. The molecule has 2 N–H and O–H groups in total. The Bertz CT molecular complexity index is 860. The molecular weight excluding hydrogens is 525 g/mol. The largest absolute Gasteiger partial charge is 0.354 e. The number of halogens is 1. The van der Waals surface area contributed by atoms with Crippen molar-refractivity contribution in [2.75, 3.05) is 58.3 Å². The number of benzene rings is 1. The van der Waals surface area contributed by atoms with E-state index in [0.717, 1.165) is 77.0 Å². The third-order valence-electron chi connectivity index (χ3n) is 6.50. The fourth-order valence-electron chi connectivity index (χ4n) is 4.43. The molecule has 2 fully saturated rings.